The molecule has 1 saturated heterocycles. The minimum Gasteiger partial charge on any atom is -0.496 e. The molecule has 0 bridgehead atoms. The van der Waals surface area contributed by atoms with Crippen LogP contribution in [0.3, 0.4) is 0 Å². The predicted molar refractivity (Wildman–Crippen MR) is 104 cm³/mol. The number of methoxy groups -OCH3 is 1. The van der Waals surface area contributed by atoms with Gasteiger partial charge in [-0.3, -0.25) is 4.79 Å². The van der Waals surface area contributed by atoms with Gasteiger partial charge in [0, 0.05) is 31.7 Å². The lowest BCUT2D eigenvalue weighted by molar-refractivity contribution is 0.0697. The summed E-state index contributed by atoms with van der Waals surface area (Å²) in [4.78, 5) is 14.5. The monoisotopic (exact) mass is 408 g/mol. The van der Waals surface area contributed by atoms with E-state index in [1.807, 2.05) is 13.0 Å². The van der Waals surface area contributed by atoms with E-state index in [9.17, 15) is 13.2 Å². The first-order chi connectivity index (χ1) is 12.8. The third kappa shape index (κ3) is 3.95. The molecule has 144 valence electrons. The number of carbonyl (C=O) groups excluding carboxylic acids is 1. The summed E-state index contributed by atoms with van der Waals surface area (Å²) in [5.74, 6) is 0.517. The molecule has 1 heterocycles. The lowest BCUT2D eigenvalue weighted by Gasteiger charge is -2.34. The molecule has 3 rings (SSSR count). The summed E-state index contributed by atoms with van der Waals surface area (Å²) >= 11 is 6.05. The van der Waals surface area contributed by atoms with Gasteiger partial charge in [0.15, 0.2) is 0 Å². The Morgan fingerprint density at radius 1 is 1.07 bits per heavy atom. The van der Waals surface area contributed by atoms with Crippen LogP contribution in [-0.4, -0.2) is 56.8 Å². The molecule has 1 aliphatic heterocycles. The molecular weight excluding hydrogens is 388 g/mol. The van der Waals surface area contributed by atoms with Crippen LogP contribution in [0.4, 0.5) is 0 Å². The second kappa shape index (κ2) is 7.88. The average molecular weight is 409 g/mol. The normalized spacial score (nSPS) is 15.6. The molecule has 0 aliphatic carbocycles. The summed E-state index contributed by atoms with van der Waals surface area (Å²) in [6, 6.07) is 11.7. The molecule has 0 spiro atoms. The van der Waals surface area contributed by atoms with Gasteiger partial charge in [-0.2, -0.15) is 4.31 Å². The maximum atomic E-state index is 12.8. The van der Waals surface area contributed by atoms with Gasteiger partial charge in [0.25, 0.3) is 5.91 Å². The molecule has 0 N–H and O–H groups in total. The fourth-order valence-electron chi connectivity index (χ4n) is 3.06. The number of ether oxygens (including phenoxy) is 1. The lowest BCUT2D eigenvalue weighted by Crippen LogP contribution is -2.50. The highest BCUT2D eigenvalue weighted by atomic mass is 35.5. The van der Waals surface area contributed by atoms with Gasteiger partial charge in [0.1, 0.15) is 10.6 Å². The second-order valence-corrected chi connectivity index (χ2v) is 8.62. The van der Waals surface area contributed by atoms with Gasteiger partial charge in [-0.15, -0.1) is 0 Å². The molecule has 1 amide bonds. The number of benzene rings is 2. The number of aryl methyl sites for hydroxylation is 1. The third-order valence-electron chi connectivity index (χ3n) is 4.64. The number of carbonyl (C=O) groups is 1. The molecule has 6 nitrogen and oxygen atoms in total. The molecule has 0 unspecified atom stereocenters. The zero-order chi connectivity index (χ0) is 19.6. The third-order valence-corrected chi connectivity index (χ3v) is 7.03. The minimum atomic E-state index is -3.68. The van der Waals surface area contributed by atoms with Gasteiger partial charge < -0.3 is 9.64 Å². The smallest absolute Gasteiger partial charge is 0.254 e. The number of halogens is 1. The van der Waals surface area contributed by atoms with Crippen LogP contribution in [0.1, 0.15) is 15.9 Å². The molecule has 1 aliphatic rings. The first-order valence-corrected chi connectivity index (χ1v) is 10.3. The zero-order valence-electron chi connectivity index (χ0n) is 15.2. The van der Waals surface area contributed by atoms with E-state index >= 15 is 0 Å². The van der Waals surface area contributed by atoms with Gasteiger partial charge in [-0.25, -0.2) is 8.42 Å². The highest BCUT2D eigenvalue weighted by Gasteiger charge is 2.31. The lowest BCUT2D eigenvalue weighted by atomic mass is 10.1. The summed E-state index contributed by atoms with van der Waals surface area (Å²) in [6.45, 7) is 2.99. The van der Waals surface area contributed by atoms with E-state index in [-0.39, 0.29) is 28.9 Å². The van der Waals surface area contributed by atoms with E-state index in [0.717, 1.165) is 5.56 Å². The van der Waals surface area contributed by atoms with E-state index in [0.29, 0.717) is 24.4 Å². The molecule has 1 fully saturated rings. The molecule has 2 aromatic carbocycles. The minimum absolute atomic E-state index is 0.0923. The molecule has 8 heteroatoms. The molecule has 0 radical (unpaired) electrons. The Balaban J connectivity index is 1.72. The van der Waals surface area contributed by atoms with Crippen molar-refractivity contribution in [2.45, 2.75) is 11.8 Å². The van der Waals surface area contributed by atoms with Crippen molar-refractivity contribution in [3.05, 3.63) is 58.6 Å². The van der Waals surface area contributed by atoms with Crippen molar-refractivity contribution in [1.82, 2.24) is 9.21 Å². The van der Waals surface area contributed by atoms with Crippen molar-refractivity contribution in [2.24, 2.45) is 0 Å². The first kappa shape index (κ1) is 19.7. The SMILES string of the molecule is COc1cc(C(=O)N2CCN(S(=O)(=O)c3ccccc3Cl)CC2)ccc1C. The van der Waals surface area contributed by atoms with Crippen LogP contribution < -0.4 is 4.74 Å². The Morgan fingerprint density at radius 3 is 2.37 bits per heavy atom. The van der Waals surface area contributed by atoms with E-state index in [4.69, 9.17) is 16.3 Å². The van der Waals surface area contributed by atoms with Crippen LogP contribution in [0, 0.1) is 6.92 Å². The van der Waals surface area contributed by atoms with Crippen LogP contribution in [0.25, 0.3) is 0 Å². The molecule has 0 saturated carbocycles. The Morgan fingerprint density at radius 2 is 1.74 bits per heavy atom. The Bertz CT molecular complexity index is 954. The topological polar surface area (TPSA) is 66.9 Å². The van der Waals surface area contributed by atoms with Crippen molar-refractivity contribution in [3.63, 3.8) is 0 Å². The highest BCUT2D eigenvalue weighted by Crippen LogP contribution is 2.26. The van der Waals surface area contributed by atoms with Crippen LogP contribution in [-0.2, 0) is 10.0 Å². The Kier molecular flexibility index (Phi) is 5.74. The highest BCUT2D eigenvalue weighted by molar-refractivity contribution is 7.89. The first-order valence-electron chi connectivity index (χ1n) is 8.53. The number of amides is 1. The zero-order valence-corrected chi connectivity index (χ0v) is 16.8. The largest absolute Gasteiger partial charge is 0.496 e. The number of hydrogen-bond donors (Lipinski definition) is 0. The van der Waals surface area contributed by atoms with Crippen molar-refractivity contribution in [2.75, 3.05) is 33.3 Å². The van der Waals surface area contributed by atoms with Crippen molar-refractivity contribution in [3.8, 4) is 5.75 Å². The molecule has 27 heavy (non-hydrogen) atoms. The molecule has 0 atom stereocenters. The number of hydrogen-bond acceptors (Lipinski definition) is 4. The quantitative estimate of drug-likeness (QED) is 0.780. The summed E-state index contributed by atoms with van der Waals surface area (Å²) in [5, 5.41) is 0.197. The number of sulfonamides is 1. The summed E-state index contributed by atoms with van der Waals surface area (Å²) < 4.78 is 32.2. The molecule has 0 aromatic heterocycles. The fraction of sp³-hybridized carbons (Fsp3) is 0.316. The van der Waals surface area contributed by atoms with E-state index in [1.165, 1.54) is 10.4 Å². The van der Waals surface area contributed by atoms with Crippen LogP contribution in [0.15, 0.2) is 47.4 Å². The van der Waals surface area contributed by atoms with E-state index in [1.54, 1.807) is 42.3 Å². The average Bonchev–Trinajstić information content (AvgIpc) is 2.68. The van der Waals surface area contributed by atoms with Gasteiger partial charge in [-0.05, 0) is 36.8 Å². The Labute approximate surface area is 164 Å². The van der Waals surface area contributed by atoms with E-state index < -0.39 is 10.0 Å². The fourth-order valence-corrected chi connectivity index (χ4v) is 4.98. The standard InChI is InChI=1S/C19H21ClN2O4S/c1-14-7-8-15(13-17(14)26-2)19(23)21-9-11-22(12-10-21)27(24,25)18-6-4-3-5-16(18)20/h3-8,13H,9-12H2,1-2H3. The van der Waals surface area contributed by atoms with E-state index in [2.05, 4.69) is 0 Å². The predicted octanol–water partition coefficient (Wildman–Crippen LogP) is 2.80. The Hall–Kier alpha value is -2.09. The van der Waals surface area contributed by atoms with Crippen molar-refractivity contribution in [1.29, 1.82) is 0 Å². The summed E-state index contributed by atoms with van der Waals surface area (Å²) in [5.41, 5.74) is 1.48. The van der Waals surface area contributed by atoms with Gasteiger partial charge in [0.2, 0.25) is 10.0 Å². The van der Waals surface area contributed by atoms with Crippen molar-refractivity contribution >= 4 is 27.5 Å². The van der Waals surface area contributed by atoms with Crippen LogP contribution in [0.2, 0.25) is 5.02 Å². The van der Waals surface area contributed by atoms with Gasteiger partial charge in [0.05, 0.1) is 12.1 Å². The summed E-state index contributed by atoms with van der Waals surface area (Å²) in [7, 11) is -2.11. The molecular formula is C19H21ClN2O4S. The van der Waals surface area contributed by atoms with Crippen LogP contribution >= 0.6 is 11.6 Å². The second-order valence-electron chi connectivity index (χ2n) is 6.31. The summed E-state index contributed by atoms with van der Waals surface area (Å²) in [6.07, 6.45) is 0. The number of piperazine rings is 1. The van der Waals surface area contributed by atoms with Crippen molar-refractivity contribution < 1.29 is 17.9 Å². The maximum absolute atomic E-state index is 12.8. The van der Waals surface area contributed by atoms with Crippen LogP contribution in [0.5, 0.6) is 5.75 Å². The molecule has 2 aromatic rings. The maximum Gasteiger partial charge on any atom is 0.254 e. The van der Waals surface area contributed by atoms with Gasteiger partial charge in [-0.1, -0.05) is 29.8 Å². The van der Waals surface area contributed by atoms with Gasteiger partial charge >= 0.3 is 0 Å². The number of nitrogens with zero attached hydrogens (tertiary/aromatic N) is 2. The number of rotatable bonds is 4.